The standard InChI is InChI=1S/C13H13Cl2N3O/c1-18(6-9-4-2-3-5-11(9)14)13-10(7-19)12(15)16-8-17-13/h2-5,8,19H,6-7H2,1H3. The molecule has 2 aromatic rings. The third-order valence-electron chi connectivity index (χ3n) is 2.76. The number of hydrogen-bond donors (Lipinski definition) is 1. The summed E-state index contributed by atoms with van der Waals surface area (Å²) in [7, 11) is 1.86. The maximum absolute atomic E-state index is 9.35. The van der Waals surface area contributed by atoms with Gasteiger partial charge in [-0.25, -0.2) is 9.97 Å². The number of hydrogen-bond acceptors (Lipinski definition) is 4. The van der Waals surface area contributed by atoms with Gasteiger partial charge in [0.1, 0.15) is 17.3 Å². The Balaban J connectivity index is 2.28. The van der Waals surface area contributed by atoms with Crippen molar-refractivity contribution < 1.29 is 5.11 Å². The van der Waals surface area contributed by atoms with Crippen molar-refractivity contribution in [3.05, 3.63) is 51.9 Å². The van der Waals surface area contributed by atoms with Gasteiger partial charge < -0.3 is 10.0 Å². The van der Waals surface area contributed by atoms with Crippen LogP contribution in [0.15, 0.2) is 30.6 Å². The zero-order valence-electron chi connectivity index (χ0n) is 10.3. The fourth-order valence-corrected chi connectivity index (χ4v) is 2.19. The van der Waals surface area contributed by atoms with Crippen LogP contribution in [0.4, 0.5) is 5.82 Å². The molecule has 6 heteroatoms. The molecule has 0 aliphatic carbocycles. The molecule has 0 unspecified atom stereocenters. The Hall–Kier alpha value is -1.36. The largest absolute Gasteiger partial charge is 0.391 e. The van der Waals surface area contributed by atoms with Crippen molar-refractivity contribution in [1.29, 1.82) is 0 Å². The predicted octanol–water partition coefficient (Wildman–Crippen LogP) is 2.91. The molecule has 0 saturated carbocycles. The van der Waals surface area contributed by atoms with E-state index in [1.54, 1.807) is 0 Å². The number of nitrogens with zero attached hydrogens (tertiary/aromatic N) is 3. The molecule has 1 N–H and O–H groups in total. The van der Waals surface area contributed by atoms with Crippen LogP contribution in [-0.2, 0) is 13.2 Å². The molecule has 1 aromatic heterocycles. The van der Waals surface area contributed by atoms with Gasteiger partial charge in [0.05, 0.1) is 12.2 Å². The van der Waals surface area contributed by atoms with E-state index in [0.29, 0.717) is 22.9 Å². The molecule has 0 saturated heterocycles. The molecule has 1 heterocycles. The number of benzene rings is 1. The molecule has 19 heavy (non-hydrogen) atoms. The third kappa shape index (κ3) is 3.15. The highest BCUT2D eigenvalue weighted by atomic mass is 35.5. The first-order valence-electron chi connectivity index (χ1n) is 5.68. The first kappa shape index (κ1) is 14.1. The van der Waals surface area contributed by atoms with Crippen molar-refractivity contribution in [3.8, 4) is 0 Å². The lowest BCUT2D eigenvalue weighted by Gasteiger charge is -2.21. The summed E-state index contributed by atoms with van der Waals surface area (Å²) < 4.78 is 0. The quantitative estimate of drug-likeness (QED) is 0.882. The van der Waals surface area contributed by atoms with Crippen LogP contribution in [0.5, 0.6) is 0 Å². The molecular formula is C13H13Cl2N3O. The van der Waals surface area contributed by atoms with E-state index in [1.165, 1.54) is 6.33 Å². The third-order valence-corrected chi connectivity index (χ3v) is 3.45. The lowest BCUT2D eigenvalue weighted by Crippen LogP contribution is -2.20. The molecular weight excluding hydrogens is 285 g/mol. The number of aliphatic hydroxyl groups excluding tert-OH is 1. The van der Waals surface area contributed by atoms with E-state index >= 15 is 0 Å². The molecule has 0 fully saturated rings. The Bertz CT molecular complexity index is 578. The van der Waals surface area contributed by atoms with Crippen LogP contribution < -0.4 is 4.90 Å². The molecule has 2 rings (SSSR count). The minimum atomic E-state index is -0.206. The van der Waals surface area contributed by atoms with Gasteiger partial charge in [0, 0.05) is 18.6 Å². The highest BCUT2D eigenvalue weighted by Gasteiger charge is 2.14. The second-order valence-corrected chi connectivity index (χ2v) is 4.84. The smallest absolute Gasteiger partial charge is 0.140 e. The van der Waals surface area contributed by atoms with E-state index in [0.717, 1.165) is 5.56 Å². The molecule has 4 nitrogen and oxygen atoms in total. The number of aromatic nitrogens is 2. The Morgan fingerprint density at radius 3 is 2.63 bits per heavy atom. The second-order valence-electron chi connectivity index (χ2n) is 4.07. The topological polar surface area (TPSA) is 49.2 Å². The summed E-state index contributed by atoms with van der Waals surface area (Å²) in [5.41, 5.74) is 1.49. The monoisotopic (exact) mass is 297 g/mol. The molecule has 0 spiro atoms. The average Bonchev–Trinajstić information content (AvgIpc) is 2.41. The Morgan fingerprint density at radius 2 is 1.95 bits per heavy atom. The van der Waals surface area contributed by atoms with E-state index in [4.69, 9.17) is 23.2 Å². The minimum absolute atomic E-state index is 0.206. The Labute approximate surface area is 121 Å². The van der Waals surface area contributed by atoms with Gasteiger partial charge in [-0.2, -0.15) is 0 Å². The first-order chi connectivity index (χ1) is 9.13. The van der Waals surface area contributed by atoms with Crippen molar-refractivity contribution in [1.82, 2.24) is 9.97 Å². The van der Waals surface area contributed by atoms with Crippen molar-refractivity contribution in [2.75, 3.05) is 11.9 Å². The SMILES string of the molecule is CN(Cc1ccccc1Cl)c1ncnc(Cl)c1CO. The molecule has 0 bridgehead atoms. The van der Waals surface area contributed by atoms with Crippen LogP contribution in [0.25, 0.3) is 0 Å². The van der Waals surface area contributed by atoms with Crippen LogP contribution in [0, 0.1) is 0 Å². The van der Waals surface area contributed by atoms with Gasteiger partial charge in [0.2, 0.25) is 0 Å². The van der Waals surface area contributed by atoms with E-state index in [9.17, 15) is 5.11 Å². The second kappa shape index (κ2) is 6.19. The Morgan fingerprint density at radius 1 is 1.21 bits per heavy atom. The highest BCUT2D eigenvalue weighted by Crippen LogP contribution is 2.25. The van der Waals surface area contributed by atoms with E-state index in [1.807, 2.05) is 36.2 Å². The summed E-state index contributed by atoms with van der Waals surface area (Å²) in [5, 5.41) is 10.3. The zero-order valence-corrected chi connectivity index (χ0v) is 11.9. The zero-order chi connectivity index (χ0) is 13.8. The Kier molecular flexibility index (Phi) is 4.58. The normalized spacial score (nSPS) is 10.5. The lowest BCUT2D eigenvalue weighted by molar-refractivity contribution is 0.281. The number of halogens is 2. The number of anilines is 1. The van der Waals surface area contributed by atoms with Crippen molar-refractivity contribution in [2.45, 2.75) is 13.2 Å². The van der Waals surface area contributed by atoms with Gasteiger partial charge in [-0.1, -0.05) is 41.4 Å². The van der Waals surface area contributed by atoms with Gasteiger partial charge in [-0.15, -0.1) is 0 Å². The molecule has 0 aliphatic rings. The summed E-state index contributed by atoms with van der Waals surface area (Å²) in [6.45, 7) is 0.363. The fraction of sp³-hybridized carbons (Fsp3) is 0.231. The van der Waals surface area contributed by atoms with Gasteiger partial charge >= 0.3 is 0 Å². The maximum atomic E-state index is 9.35. The van der Waals surface area contributed by atoms with Gasteiger partial charge in [0.15, 0.2) is 0 Å². The highest BCUT2D eigenvalue weighted by molar-refractivity contribution is 6.31. The molecule has 0 radical (unpaired) electrons. The predicted molar refractivity (Wildman–Crippen MR) is 76.5 cm³/mol. The lowest BCUT2D eigenvalue weighted by atomic mass is 10.2. The van der Waals surface area contributed by atoms with Crippen molar-refractivity contribution in [3.63, 3.8) is 0 Å². The maximum Gasteiger partial charge on any atom is 0.140 e. The molecule has 0 aliphatic heterocycles. The molecule has 100 valence electrons. The van der Waals surface area contributed by atoms with E-state index < -0.39 is 0 Å². The summed E-state index contributed by atoms with van der Waals surface area (Å²) in [5.74, 6) is 0.599. The van der Waals surface area contributed by atoms with Crippen LogP contribution in [0.1, 0.15) is 11.1 Å². The van der Waals surface area contributed by atoms with Crippen LogP contribution in [0.2, 0.25) is 10.2 Å². The number of rotatable bonds is 4. The van der Waals surface area contributed by atoms with Crippen molar-refractivity contribution in [2.24, 2.45) is 0 Å². The molecule has 0 amide bonds. The van der Waals surface area contributed by atoms with E-state index in [2.05, 4.69) is 9.97 Å². The van der Waals surface area contributed by atoms with Gasteiger partial charge in [-0.05, 0) is 11.6 Å². The first-order valence-corrected chi connectivity index (χ1v) is 6.44. The van der Waals surface area contributed by atoms with Crippen molar-refractivity contribution >= 4 is 29.0 Å². The number of aliphatic hydroxyl groups is 1. The van der Waals surface area contributed by atoms with Crippen LogP contribution in [0.3, 0.4) is 0 Å². The van der Waals surface area contributed by atoms with Crippen LogP contribution in [-0.4, -0.2) is 22.1 Å². The average molecular weight is 298 g/mol. The van der Waals surface area contributed by atoms with E-state index in [-0.39, 0.29) is 11.8 Å². The minimum Gasteiger partial charge on any atom is -0.391 e. The summed E-state index contributed by atoms with van der Waals surface area (Å²) >= 11 is 12.1. The summed E-state index contributed by atoms with van der Waals surface area (Å²) in [6, 6.07) is 7.59. The summed E-state index contributed by atoms with van der Waals surface area (Å²) in [6.07, 6.45) is 1.37. The molecule has 0 atom stereocenters. The van der Waals surface area contributed by atoms with Gasteiger partial charge in [-0.3, -0.25) is 0 Å². The summed E-state index contributed by atoms with van der Waals surface area (Å²) in [4.78, 5) is 9.90. The fourth-order valence-electron chi connectivity index (χ4n) is 1.80. The van der Waals surface area contributed by atoms with Gasteiger partial charge in [0.25, 0.3) is 0 Å². The molecule has 1 aromatic carbocycles. The van der Waals surface area contributed by atoms with Crippen LogP contribution >= 0.6 is 23.2 Å².